The number of carbonyl (C=O) groups excluding carboxylic acids is 1. The van der Waals surface area contributed by atoms with Gasteiger partial charge < -0.3 is 10.1 Å². The number of benzene rings is 1. The molecule has 0 unspecified atom stereocenters. The first-order chi connectivity index (χ1) is 11.8. The minimum Gasteiger partial charge on any atom is -0.495 e. The van der Waals surface area contributed by atoms with Gasteiger partial charge in [-0.25, -0.2) is 8.42 Å². The van der Waals surface area contributed by atoms with E-state index in [1.807, 2.05) is 6.92 Å². The van der Waals surface area contributed by atoms with E-state index in [4.69, 9.17) is 4.74 Å². The Labute approximate surface area is 150 Å². The van der Waals surface area contributed by atoms with Crippen LogP contribution in [0.25, 0.3) is 0 Å². The summed E-state index contributed by atoms with van der Waals surface area (Å²) in [5.41, 5.74) is 0. The third-order valence-electron chi connectivity index (χ3n) is 4.88. The monoisotopic (exact) mass is 368 g/mol. The number of carbonyl (C=O) groups is 1. The van der Waals surface area contributed by atoms with Crippen LogP contribution < -0.4 is 10.1 Å². The van der Waals surface area contributed by atoms with E-state index in [1.165, 1.54) is 11.4 Å². The van der Waals surface area contributed by atoms with E-state index in [0.717, 1.165) is 0 Å². The van der Waals surface area contributed by atoms with Crippen molar-refractivity contribution in [1.29, 1.82) is 0 Å². The molecule has 0 radical (unpaired) electrons. The SMILES string of the molecule is COc1ccccc1S(=O)(=O)N1CCC(C(=O)N[C@H](C)C(C)C)CC1. The summed E-state index contributed by atoms with van der Waals surface area (Å²) in [7, 11) is -2.15. The van der Waals surface area contributed by atoms with Crippen molar-refractivity contribution < 1.29 is 17.9 Å². The zero-order valence-electron chi connectivity index (χ0n) is 15.4. The van der Waals surface area contributed by atoms with Gasteiger partial charge in [0.25, 0.3) is 0 Å². The molecule has 6 nitrogen and oxygen atoms in total. The van der Waals surface area contributed by atoms with Crippen LogP contribution in [0.4, 0.5) is 0 Å². The fourth-order valence-corrected chi connectivity index (χ4v) is 4.46. The van der Waals surface area contributed by atoms with Crippen molar-refractivity contribution in [2.75, 3.05) is 20.2 Å². The molecule has 0 bridgehead atoms. The van der Waals surface area contributed by atoms with E-state index >= 15 is 0 Å². The molecule has 1 saturated heterocycles. The molecule has 25 heavy (non-hydrogen) atoms. The van der Waals surface area contributed by atoms with Crippen LogP contribution in [-0.2, 0) is 14.8 Å². The Kier molecular flexibility index (Phi) is 6.46. The molecule has 2 rings (SSSR count). The van der Waals surface area contributed by atoms with E-state index in [2.05, 4.69) is 19.2 Å². The van der Waals surface area contributed by atoms with Crippen molar-refractivity contribution >= 4 is 15.9 Å². The second-order valence-electron chi connectivity index (χ2n) is 6.87. The molecule has 0 spiro atoms. The van der Waals surface area contributed by atoms with Crippen LogP contribution in [0.1, 0.15) is 33.6 Å². The van der Waals surface area contributed by atoms with Crippen LogP contribution in [-0.4, -0.2) is 44.9 Å². The number of hydrogen-bond donors (Lipinski definition) is 1. The molecule has 1 aromatic rings. The first-order valence-electron chi connectivity index (χ1n) is 8.71. The fraction of sp³-hybridized carbons (Fsp3) is 0.611. The number of amides is 1. The van der Waals surface area contributed by atoms with E-state index < -0.39 is 10.0 Å². The van der Waals surface area contributed by atoms with Crippen LogP contribution in [0.15, 0.2) is 29.2 Å². The number of nitrogens with zero attached hydrogens (tertiary/aromatic N) is 1. The Morgan fingerprint density at radius 3 is 2.36 bits per heavy atom. The minimum absolute atomic E-state index is 0.0236. The molecular formula is C18H28N2O4S. The Bertz CT molecular complexity index is 695. The highest BCUT2D eigenvalue weighted by molar-refractivity contribution is 7.89. The summed E-state index contributed by atoms with van der Waals surface area (Å²) in [6.45, 7) is 6.80. The summed E-state index contributed by atoms with van der Waals surface area (Å²) in [5.74, 6) is 0.601. The number of para-hydroxylation sites is 1. The van der Waals surface area contributed by atoms with E-state index in [0.29, 0.717) is 37.6 Å². The molecule has 1 N–H and O–H groups in total. The Balaban J connectivity index is 2.03. The van der Waals surface area contributed by atoms with Gasteiger partial charge in [0.15, 0.2) is 0 Å². The molecule has 7 heteroatoms. The van der Waals surface area contributed by atoms with Crippen molar-refractivity contribution in [3.63, 3.8) is 0 Å². The number of rotatable bonds is 6. The Morgan fingerprint density at radius 2 is 1.80 bits per heavy atom. The maximum Gasteiger partial charge on any atom is 0.246 e. The van der Waals surface area contributed by atoms with Crippen molar-refractivity contribution in [2.45, 2.75) is 44.6 Å². The highest BCUT2D eigenvalue weighted by atomic mass is 32.2. The summed E-state index contributed by atoms with van der Waals surface area (Å²) in [6.07, 6.45) is 1.07. The highest BCUT2D eigenvalue weighted by Gasteiger charge is 2.33. The zero-order valence-corrected chi connectivity index (χ0v) is 16.2. The quantitative estimate of drug-likeness (QED) is 0.836. The van der Waals surface area contributed by atoms with Gasteiger partial charge in [-0.2, -0.15) is 4.31 Å². The largest absolute Gasteiger partial charge is 0.495 e. The van der Waals surface area contributed by atoms with Gasteiger partial charge in [-0.3, -0.25) is 4.79 Å². The number of methoxy groups -OCH3 is 1. The van der Waals surface area contributed by atoms with Crippen molar-refractivity contribution in [3.05, 3.63) is 24.3 Å². The summed E-state index contributed by atoms with van der Waals surface area (Å²) in [5, 5.41) is 3.03. The lowest BCUT2D eigenvalue weighted by molar-refractivity contribution is -0.127. The van der Waals surface area contributed by atoms with Crippen LogP contribution in [0.2, 0.25) is 0 Å². The molecule has 1 aliphatic rings. The summed E-state index contributed by atoms with van der Waals surface area (Å²) >= 11 is 0. The average molecular weight is 368 g/mol. The molecule has 140 valence electrons. The summed E-state index contributed by atoms with van der Waals surface area (Å²) in [4.78, 5) is 12.5. The normalized spacial score (nSPS) is 18.1. The van der Waals surface area contributed by atoms with E-state index in [9.17, 15) is 13.2 Å². The lowest BCUT2D eigenvalue weighted by atomic mass is 9.96. The van der Waals surface area contributed by atoms with Gasteiger partial charge in [0.1, 0.15) is 10.6 Å². The van der Waals surface area contributed by atoms with Crippen LogP contribution in [0.3, 0.4) is 0 Å². The molecule has 1 fully saturated rings. The zero-order chi connectivity index (χ0) is 18.6. The van der Waals surface area contributed by atoms with Gasteiger partial charge in [-0.05, 0) is 37.8 Å². The standard InChI is InChI=1S/C18H28N2O4S/c1-13(2)14(3)19-18(21)15-9-11-20(12-10-15)25(22,23)17-8-6-5-7-16(17)24-4/h5-8,13-15H,9-12H2,1-4H3,(H,19,21)/t14-/m1/s1. The Hall–Kier alpha value is -1.60. The average Bonchev–Trinajstić information content (AvgIpc) is 2.61. The minimum atomic E-state index is -3.61. The predicted octanol–water partition coefficient (Wildman–Crippen LogP) is 2.26. The first kappa shape index (κ1) is 19.7. The van der Waals surface area contributed by atoms with Crippen LogP contribution in [0.5, 0.6) is 5.75 Å². The topological polar surface area (TPSA) is 75.7 Å². The molecule has 1 aromatic carbocycles. The molecular weight excluding hydrogens is 340 g/mol. The van der Waals surface area contributed by atoms with Gasteiger partial charge >= 0.3 is 0 Å². The lowest BCUT2D eigenvalue weighted by Crippen LogP contribution is -2.45. The second kappa shape index (κ2) is 8.19. The Morgan fingerprint density at radius 1 is 1.20 bits per heavy atom. The third kappa shape index (κ3) is 4.52. The highest BCUT2D eigenvalue weighted by Crippen LogP contribution is 2.29. The number of nitrogens with one attached hydrogen (secondary N) is 1. The molecule has 0 aromatic heterocycles. The lowest BCUT2D eigenvalue weighted by Gasteiger charge is -2.31. The van der Waals surface area contributed by atoms with Gasteiger partial charge in [0, 0.05) is 25.0 Å². The van der Waals surface area contributed by atoms with Crippen LogP contribution in [0, 0.1) is 11.8 Å². The maximum absolute atomic E-state index is 12.9. The van der Waals surface area contributed by atoms with E-state index in [1.54, 1.807) is 24.3 Å². The van der Waals surface area contributed by atoms with Gasteiger partial charge in [-0.15, -0.1) is 0 Å². The number of piperidine rings is 1. The molecule has 1 amide bonds. The van der Waals surface area contributed by atoms with Gasteiger partial charge in [0.05, 0.1) is 7.11 Å². The maximum atomic E-state index is 12.9. The number of hydrogen-bond acceptors (Lipinski definition) is 4. The third-order valence-corrected chi connectivity index (χ3v) is 6.82. The molecule has 0 saturated carbocycles. The van der Waals surface area contributed by atoms with Gasteiger partial charge in [-0.1, -0.05) is 26.0 Å². The smallest absolute Gasteiger partial charge is 0.246 e. The second-order valence-corrected chi connectivity index (χ2v) is 8.78. The fourth-order valence-electron chi connectivity index (χ4n) is 2.84. The van der Waals surface area contributed by atoms with Gasteiger partial charge in [0.2, 0.25) is 15.9 Å². The first-order valence-corrected chi connectivity index (χ1v) is 10.1. The van der Waals surface area contributed by atoms with Crippen molar-refractivity contribution in [2.24, 2.45) is 11.8 Å². The van der Waals surface area contributed by atoms with Crippen molar-refractivity contribution in [1.82, 2.24) is 9.62 Å². The van der Waals surface area contributed by atoms with Crippen LogP contribution >= 0.6 is 0 Å². The predicted molar refractivity (Wildman–Crippen MR) is 96.9 cm³/mol. The summed E-state index contributed by atoms with van der Waals surface area (Å²) < 4.78 is 32.3. The number of sulfonamides is 1. The molecule has 0 aliphatic carbocycles. The van der Waals surface area contributed by atoms with Crippen molar-refractivity contribution in [3.8, 4) is 5.75 Å². The molecule has 1 atom stereocenters. The molecule has 1 aliphatic heterocycles. The summed E-state index contributed by atoms with van der Waals surface area (Å²) in [6, 6.07) is 6.73. The molecule has 1 heterocycles. The number of ether oxygens (including phenoxy) is 1. The van der Waals surface area contributed by atoms with E-state index in [-0.39, 0.29) is 22.8 Å².